The van der Waals surface area contributed by atoms with Gasteiger partial charge in [-0.15, -0.1) is 0 Å². The second-order valence-corrected chi connectivity index (χ2v) is 14.1. The Balaban J connectivity index is 1.06. The van der Waals surface area contributed by atoms with Gasteiger partial charge in [0.05, 0.1) is 6.61 Å². The molecule has 0 heterocycles. The number of benzene rings is 3. The molecule has 43 heavy (non-hydrogen) atoms. The van der Waals surface area contributed by atoms with E-state index in [1.54, 1.807) is 0 Å². The minimum atomic E-state index is -3.82. The molecule has 2 N–H and O–H groups in total. The van der Waals surface area contributed by atoms with E-state index in [1.165, 1.54) is 72.1 Å². The molecule has 0 fully saturated rings. The number of hydrogen-bond donors (Lipinski definition) is 2. The van der Waals surface area contributed by atoms with Crippen LogP contribution in [0, 0.1) is 0 Å². The van der Waals surface area contributed by atoms with E-state index in [9.17, 15) is 9.36 Å². The lowest BCUT2D eigenvalue weighted by molar-refractivity contribution is -0.143. The number of unbranched alkanes of at least 4 members (excludes halogenated alkanes) is 16. The zero-order valence-corrected chi connectivity index (χ0v) is 27.2. The molecule has 0 saturated carbocycles. The van der Waals surface area contributed by atoms with Gasteiger partial charge < -0.3 is 14.5 Å². The van der Waals surface area contributed by atoms with Crippen LogP contribution in [-0.4, -0.2) is 28.5 Å². The lowest BCUT2D eigenvalue weighted by atomic mass is 9.99. The maximum absolute atomic E-state index is 11.9. The van der Waals surface area contributed by atoms with Gasteiger partial charge in [-0.3, -0.25) is 9.36 Å². The third-order valence-electron chi connectivity index (χ3n) is 8.47. The van der Waals surface area contributed by atoms with Crippen molar-refractivity contribution in [3.8, 4) is 0 Å². The lowest BCUT2D eigenvalue weighted by Gasteiger charge is -2.07. The fourth-order valence-corrected chi connectivity index (χ4v) is 6.53. The van der Waals surface area contributed by atoms with Crippen molar-refractivity contribution in [2.24, 2.45) is 0 Å². The molecule has 0 amide bonds. The topological polar surface area (TPSA) is 83.8 Å². The van der Waals surface area contributed by atoms with Crippen molar-refractivity contribution in [1.29, 1.82) is 0 Å². The van der Waals surface area contributed by atoms with Crippen LogP contribution in [0.1, 0.15) is 128 Å². The molecule has 3 aromatic carbocycles. The van der Waals surface area contributed by atoms with Crippen LogP contribution in [0.25, 0.3) is 21.5 Å². The average molecular weight is 611 g/mol. The van der Waals surface area contributed by atoms with Crippen LogP contribution >= 0.6 is 7.60 Å². The summed E-state index contributed by atoms with van der Waals surface area (Å²) in [5.41, 5.74) is 1.45. The van der Waals surface area contributed by atoms with Crippen molar-refractivity contribution in [2.45, 2.75) is 128 Å². The number of fused-ring (bicyclic) bond motifs is 2. The standard InChI is InChI=1S/C37H55O5P/c38-37(24-16-12-8-4-2-6-10-14-20-28-43(39,40)41)42-27-19-13-9-5-1-3-7-11-15-21-32-25-26-35-30-33-22-17-18-23-34(33)31-36(35)29-32/h17-18,22-23,25-26,29-31H,1-16,19-21,24,27-28H2,(H2,39,40,41). The minimum absolute atomic E-state index is 0.0104. The molecule has 5 nitrogen and oxygen atoms in total. The van der Waals surface area contributed by atoms with E-state index in [4.69, 9.17) is 14.5 Å². The predicted octanol–water partition coefficient (Wildman–Crippen LogP) is 10.7. The highest BCUT2D eigenvalue weighted by Gasteiger charge is 2.11. The molecular weight excluding hydrogens is 555 g/mol. The zero-order valence-electron chi connectivity index (χ0n) is 26.3. The molecule has 0 aromatic heterocycles. The molecule has 0 aliphatic heterocycles. The SMILES string of the molecule is O=C(CCCCCCCCCCCP(=O)(O)O)OCCCCCCCCCCCc1ccc2cc3ccccc3cc2c1. The van der Waals surface area contributed by atoms with Crippen molar-refractivity contribution in [3.63, 3.8) is 0 Å². The third kappa shape index (κ3) is 15.9. The van der Waals surface area contributed by atoms with Gasteiger partial charge in [-0.2, -0.15) is 0 Å². The number of esters is 1. The highest BCUT2D eigenvalue weighted by molar-refractivity contribution is 7.51. The maximum Gasteiger partial charge on any atom is 0.325 e. The van der Waals surface area contributed by atoms with Gasteiger partial charge in [-0.05, 0) is 71.3 Å². The molecule has 0 spiro atoms. The first-order valence-corrected chi connectivity index (χ1v) is 18.8. The zero-order chi connectivity index (χ0) is 30.6. The number of rotatable bonds is 24. The number of ether oxygens (including phenoxy) is 1. The molecule has 0 atom stereocenters. The van der Waals surface area contributed by atoms with E-state index in [-0.39, 0.29) is 12.1 Å². The molecule has 0 radical (unpaired) electrons. The Morgan fingerprint density at radius 1 is 0.558 bits per heavy atom. The fourth-order valence-electron chi connectivity index (χ4n) is 5.90. The normalized spacial score (nSPS) is 11.9. The van der Waals surface area contributed by atoms with Gasteiger partial charge in [-0.25, -0.2) is 0 Å². The first-order valence-electron chi connectivity index (χ1n) is 17.0. The van der Waals surface area contributed by atoms with Crippen LogP contribution in [0.3, 0.4) is 0 Å². The van der Waals surface area contributed by atoms with Gasteiger partial charge >= 0.3 is 13.6 Å². The van der Waals surface area contributed by atoms with E-state index in [1.807, 2.05) is 0 Å². The van der Waals surface area contributed by atoms with Crippen LogP contribution in [0.15, 0.2) is 54.6 Å². The van der Waals surface area contributed by atoms with Gasteiger partial charge in [0.15, 0.2) is 0 Å². The number of hydrogen-bond acceptors (Lipinski definition) is 3. The molecular formula is C37H55O5P. The summed E-state index contributed by atoms with van der Waals surface area (Å²) < 4.78 is 16.2. The smallest absolute Gasteiger partial charge is 0.325 e. The molecule has 3 aromatic rings. The summed E-state index contributed by atoms with van der Waals surface area (Å²) in [6.45, 7) is 0.561. The Kier molecular flexibility index (Phi) is 17.0. The fraction of sp³-hybridized carbons (Fsp3) is 0.595. The molecule has 0 aliphatic rings. The van der Waals surface area contributed by atoms with Crippen molar-refractivity contribution in [3.05, 3.63) is 60.2 Å². The van der Waals surface area contributed by atoms with Crippen LogP contribution in [0.4, 0.5) is 0 Å². The molecule has 6 heteroatoms. The molecule has 238 valence electrons. The van der Waals surface area contributed by atoms with Gasteiger partial charge in [0, 0.05) is 12.6 Å². The predicted molar refractivity (Wildman–Crippen MR) is 181 cm³/mol. The average Bonchev–Trinajstić information content (AvgIpc) is 2.98. The largest absolute Gasteiger partial charge is 0.466 e. The monoisotopic (exact) mass is 610 g/mol. The first-order chi connectivity index (χ1) is 20.9. The van der Waals surface area contributed by atoms with Crippen molar-refractivity contribution >= 4 is 35.1 Å². The number of carbonyl (C=O) groups excluding carboxylic acids is 1. The van der Waals surface area contributed by atoms with Gasteiger partial charge in [-0.1, -0.05) is 132 Å². The van der Waals surface area contributed by atoms with Crippen molar-refractivity contribution in [2.75, 3.05) is 12.8 Å². The highest BCUT2D eigenvalue weighted by atomic mass is 31.2. The summed E-state index contributed by atoms with van der Waals surface area (Å²) in [7, 11) is -3.82. The highest BCUT2D eigenvalue weighted by Crippen LogP contribution is 2.35. The van der Waals surface area contributed by atoms with Gasteiger partial charge in [0.1, 0.15) is 0 Å². The Bertz CT molecular complexity index is 1250. The van der Waals surface area contributed by atoms with E-state index in [0.29, 0.717) is 19.4 Å². The Morgan fingerprint density at radius 3 is 1.65 bits per heavy atom. The molecule has 0 aliphatic carbocycles. The Labute approximate surface area is 260 Å². The molecule has 3 rings (SSSR count). The summed E-state index contributed by atoms with van der Waals surface area (Å²) in [5.74, 6) is -0.0535. The molecule has 0 saturated heterocycles. The summed E-state index contributed by atoms with van der Waals surface area (Å²) in [4.78, 5) is 29.6. The lowest BCUT2D eigenvalue weighted by Crippen LogP contribution is -2.05. The quantitative estimate of drug-likeness (QED) is 0.0456. The number of aryl methyl sites for hydroxylation is 1. The summed E-state index contributed by atoms with van der Waals surface area (Å²) >= 11 is 0. The third-order valence-corrected chi connectivity index (χ3v) is 9.37. The van der Waals surface area contributed by atoms with Gasteiger partial charge in [0.2, 0.25) is 0 Å². The first kappa shape index (κ1) is 35.3. The van der Waals surface area contributed by atoms with E-state index in [2.05, 4.69) is 54.6 Å². The van der Waals surface area contributed by atoms with E-state index in [0.717, 1.165) is 70.6 Å². The summed E-state index contributed by atoms with van der Waals surface area (Å²) in [6.07, 6.45) is 21.9. The number of carbonyl (C=O) groups is 1. The van der Waals surface area contributed by atoms with E-state index >= 15 is 0 Å². The van der Waals surface area contributed by atoms with Crippen LogP contribution in [-0.2, 0) is 20.5 Å². The Morgan fingerprint density at radius 2 is 1.05 bits per heavy atom. The van der Waals surface area contributed by atoms with E-state index < -0.39 is 7.60 Å². The Hall–Kier alpha value is -2.20. The van der Waals surface area contributed by atoms with Crippen LogP contribution in [0.2, 0.25) is 0 Å². The van der Waals surface area contributed by atoms with Crippen molar-refractivity contribution in [1.82, 2.24) is 0 Å². The maximum atomic E-state index is 11.9. The minimum Gasteiger partial charge on any atom is -0.466 e. The second-order valence-electron chi connectivity index (χ2n) is 12.4. The molecule has 0 unspecified atom stereocenters. The summed E-state index contributed by atoms with van der Waals surface area (Å²) in [5, 5.41) is 5.29. The molecule has 0 bridgehead atoms. The second kappa shape index (κ2) is 20.7. The summed E-state index contributed by atoms with van der Waals surface area (Å²) in [6, 6.07) is 20.1. The van der Waals surface area contributed by atoms with Gasteiger partial charge in [0.25, 0.3) is 0 Å². The van der Waals surface area contributed by atoms with Crippen LogP contribution in [0.5, 0.6) is 0 Å². The van der Waals surface area contributed by atoms with Crippen LogP contribution < -0.4 is 0 Å². The van der Waals surface area contributed by atoms with Crippen molar-refractivity contribution < 1.29 is 23.9 Å².